The van der Waals surface area contributed by atoms with Crippen LogP contribution in [0.15, 0.2) is 24.3 Å². The average molecular weight is 323 g/mol. The molecule has 1 aromatic carbocycles. The van der Waals surface area contributed by atoms with Gasteiger partial charge in [0.25, 0.3) is 0 Å². The molecule has 1 aliphatic heterocycles. The summed E-state index contributed by atoms with van der Waals surface area (Å²) in [6.45, 7) is 8.19. The SMILES string of the molecule is CCn1nc(CN2CCCC(C)C2CN)c2ccccc21.Cl. The number of aryl methyl sites for hydroxylation is 1. The first-order chi connectivity index (χ1) is 10.2. The number of rotatable bonds is 4. The molecule has 1 fully saturated rings. The van der Waals surface area contributed by atoms with Gasteiger partial charge in [-0.1, -0.05) is 25.1 Å². The van der Waals surface area contributed by atoms with Crippen LogP contribution in [-0.4, -0.2) is 33.8 Å². The fourth-order valence-corrected chi connectivity index (χ4v) is 3.66. The van der Waals surface area contributed by atoms with E-state index in [1.807, 2.05) is 0 Å². The lowest BCUT2D eigenvalue weighted by atomic mass is 9.90. The van der Waals surface area contributed by atoms with Crippen LogP contribution in [0.2, 0.25) is 0 Å². The third-order valence-electron chi connectivity index (χ3n) is 4.86. The van der Waals surface area contributed by atoms with Crippen molar-refractivity contribution in [3.8, 4) is 0 Å². The lowest BCUT2D eigenvalue weighted by Gasteiger charge is -2.39. The van der Waals surface area contributed by atoms with Crippen molar-refractivity contribution in [3.63, 3.8) is 0 Å². The quantitative estimate of drug-likeness (QED) is 0.941. The minimum Gasteiger partial charge on any atom is -0.329 e. The second-order valence-electron chi connectivity index (χ2n) is 6.17. The van der Waals surface area contributed by atoms with Gasteiger partial charge in [0.1, 0.15) is 0 Å². The average Bonchev–Trinajstić information content (AvgIpc) is 2.86. The van der Waals surface area contributed by atoms with Crippen LogP contribution in [0, 0.1) is 5.92 Å². The number of aromatic nitrogens is 2. The summed E-state index contributed by atoms with van der Waals surface area (Å²) < 4.78 is 2.11. The summed E-state index contributed by atoms with van der Waals surface area (Å²) in [4.78, 5) is 2.53. The second-order valence-corrected chi connectivity index (χ2v) is 6.17. The van der Waals surface area contributed by atoms with E-state index in [1.54, 1.807) is 0 Å². The Hall–Kier alpha value is -1.10. The topological polar surface area (TPSA) is 47.1 Å². The number of nitrogens with two attached hydrogens (primary N) is 1. The predicted molar refractivity (Wildman–Crippen MR) is 94.3 cm³/mol. The normalized spacial score (nSPS) is 22.7. The number of nitrogens with zero attached hydrogens (tertiary/aromatic N) is 3. The van der Waals surface area contributed by atoms with Gasteiger partial charge in [0.15, 0.2) is 0 Å². The Morgan fingerprint density at radius 1 is 1.32 bits per heavy atom. The van der Waals surface area contributed by atoms with E-state index < -0.39 is 0 Å². The molecule has 0 aliphatic carbocycles. The maximum Gasteiger partial charge on any atom is 0.0843 e. The van der Waals surface area contributed by atoms with Crippen LogP contribution in [0.25, 0.3) is 10.9 Å². The molecule has 2 atom stereocenters. The van der Waals surface area contributed by atoms with E-state index in [0.717, 1.165) is 26.2 Å². The van der Waals surface area contributed by atoms with Crippen molar-refractivity contribution in [2.45, 2.75) is 45.8 Å². The van der Waals surface area contributed by atoms with Gasteiger partial charge in [-0.3, -0.25) is 9.58 Å². The van der Waals surface area contributed by atoms with E-state index in [2.05, 4.69) is 47.7 Å². The fraction of sp³-hybridized carbons (Fsp3) is 0.588. The van der Waals surface area contributed by atoms with E-state index in [0.29, 0.717) is 12.0 Å². The summed E-state index contributed by atoms with van der Waals surface area (Å²) in [6.07, 6.45) is 2.56. The van der Waals surface area contributed by atoms with Gasteiger partial charge in [-0.05, 0) is 38.3 Å². The Morgan fingerprint density at radius 3 is 2.82 bits per heavy atom. The molecule has 2 aromatic rings. The molecule has 0 bridgehead atoms. The zero-order valence-corrected chi connectivity index (χ0v) is 14.4. The van der Waals surface area contributed by atoms with Crippen LogP contribution >= 0.6 is 12.4 Å². The van der Waals surface area contributed by atoms with Crippen LogP contribution in [-0.2, 0) is 13.1 Å². The number of likely N-dealkylation sites (tertiary alicyclic amines) is 1. The third-order valence-corrected chi connectivity index (χ3v) is 4.86. The van der Waals surface area contributed by atoms with Crippen molar-refractivity contribution in [1.29, 1.82) is 0 Å². The number of hydrogen-bond acceptors (Lipinski definition) is 3. The first-order valence-corrected chi connectivity index (χ1v) is 8.13. The molecular weight excluding hydrogens is 296 g/mol. The summed E-state index contributed by atoms with van der Waals surface area (Å²) in [5.74, 6) is 0.684. The van der Waals surface area contributed by atoms with Crippen LogP contribution in [0.3, 0.4) is 0 Å². The van der Waals surface area contributed by atoms with Gasteiger partial charge >= 0.3 is 0 Å². The number of piperidine rings is 1. The van der Waals surface area contributed by atoms with Crippen molar-refractivity contribution in [2.24, 2.45) is 11.7 Å². The van der Waals surface area contributed by atoms with Crippen LogP contribution in [0.1, 0.15) is 32.4 Å². The lowest BCUT2D eigenvalue weighted by Crippen LogP contribution is -2.48. The first kappa shape index (κ1) is 17.3. The maximum absolute atomic E-state index is 6.01. The number of halogens is 1. The van der Waals surface area contributed by atoms with Gasteiger partial charge < -0.3 is 5.73 Å². The highest BCUT2D eigenvalue weighted by molar-refractivity contribution is 5.85. The summed E-state index contributed by atoms with van der Waals surface area (Å²) in [5.41, 5.74) is 8.45. The highest BCUT2D eigenvalue weighted by atomic mass is 35.5. The number of hydrogen-bond donors (Lipinski definition) is 1. The molecule has 1 aromatic heterocycles. The summed E-state index contributed by atoms with van der Waals surface area (Å²) in [5, 5.41) is 6.12. The molecule has 0 radical (unpaired) electrons. The Labute approximate surface area is 139 Å². The fourth-order valence-electron chi connectivity index (χ4n) is 3.66. The Bertz CT molecular complexity index is 610. The number of fused-ring (bicyclic) bond motifs is 1. The van der Waals surface area contributed by atoms with E-state index in [-0.39, 0.29) is 12.4 Å². The molecule has 5 heteroatoms. The lowest BCUT2D eigenvalue weighted by molar-refractivity contribution is 0.0979. The molecule has 22 heavy (non-hydrogen) atoms. The molecule has 0 spiro atoms. The zero-order chi connectivity index (χ0) is 14.8. The molecule has 2 N–H and O–H groups in total. The van der Waals surface area contributed by atoms with E-state index in [9.17, 15) is 0 Å². The summed E-state index contributed by atoms with van der Waals surface area (Å²) in [6, 6.07) is 9.03. The van der Waals surface area contributed by atoms with Gasteiger partial charge in [0.05, 0.1) is 11.2 Å². The molecule has 1 aliphatic rings. The van der Waals surface area contributed by atoms with Crippen LogP contribution in [0.5, 0.6) is 0 Å². The number of para-hydroxylation sites is 1. The van der Waals surface area contributed by atoms with Gasteiger partial charge in [-0.15, -0.1) is 12.4 Å². The zero-order valence-electron chi connectivity index (χ0n) is 13.5. The van der Waals surface area contributed by atoms with Crippen molar-refractivity contribution in [2.75, 3.05) is 13.1 Å². The predicted octanol–water partition coefficient (Wildman–Crippen LogP) is 3.04. The molecule has 0 saturated carbocycles. The molecule has 2 heterocycles. The van der Waals surface area contributed by atoms with E-state index in [1.165, 1.54) is 29.4 Å². The minimum absolute atomic E-state index is 0. The van der Waals surface area contributed by atoms with Crippen molar-refractivity contribution >= 4 is 23.3 Å². The second kappa shape index (κ2) is 7.44. The molecule has 3 rings (SSSR count). The smallest absolute Gasteiger partial charge is 0.0843 e. The first-order valence-electron chi connectivity index (χ1n) is 8.13. The van der Waals surface area contributed by atoms with E-state index in [4.69, 9.17) is 10.8 Å². The van der Waals surface area contributed by atoms with Crippen molar-refractivity contribution < 1.29 is 0 Å². The van der Waals surface area contributed by atoms with Crippen molar-refractivity contribution in [1.82, 2.24) is 14.7 Å². The third kappa shape index (κ3) is 3.14. The molecule has 4 nitrogen and oxygen atoms in total. The molecule has 2 unspecified atom stereocenters. The van der Waals surface area contributed by atoms with Gasteiger partial charge in [-0.2, -0.15) is 5.10 Å². The monoisotopic (exact) mass is 322 g/mol. The van der Waals surface area contributed by atoms with Gasteiger partial charge in [0.2, 0.25) is 0 Å². The minimum atomic E-state index is 0. The Kier molecular flexibility index (Phi) is 5.84. The molecular formula is C17H27ClN4. The van der Waals surface area contributed by atoms with Crippen molar-refractivity contribution in [3.05, 3.63) is 30.0 Å². The number of benzene rings is 1. The summed E-state index contributed by atoms with van der Waals surface area (Å²) in [7, 11) is 0. The Morgan fingerprint density at radius 2 is 2.09 bits per heavy atom. The maximum atomic E-state index is 6.01. The van der Waals surface area contributed by atoms with Crippen LogP contribution in [0.4, 0.5) is 0 Å². The van der Waals surface area contributed by atoms with Gasteiger partial charge in [0, 0.05) is 31.1 Å². The van der Waals surface area contributed by atoms with Gasteiger partial charge in [-0.25, -0.2) is 0 Å². The molecule has 122 valence electrons. The van der Waals surface area contributed by atoms with E-state index >= 15 is 0 Å². The van der Waals surface area contributed by atoms with Crippen LogP contribution < -0.4 is 5.73 Å². The Balaban J connectivity index is 0.00000176. The molecule has 0 amide bonds. The highest BCUT2D eigenvalue weighted by Gasteiger charge is 2.28. The summed E-state index contributed by atoms with van der Waals surface area (Å²) >= 11 is 0. The molecule has 1 saturated heterocycles. The highest BCUT2D eigenvalue weighted by Crippen LogP contribution is 2.26. The standard InChI is InChI=1S/C17H26N4.ClH/c1-3-21-16-9-5-4-8-14(16)15(19-21)12-20-10-6-7-13(2)17(20)11-18;/h4-5,8-9,13,17H,3,6-7,10-12,18H2,1-2H3;1H. The largest absolute Gasteiger partial charge is 0.329 e.